The van der Waals surface area contributed by atoms with Gasteiger partial charge in [-0.2, -0.15) is 0 Å². The van der Waals surface area contributed by atoms with E-state index in [4.69, 9.17) is 0 Å². The highest BCUT2D eigenvalue weighted by atomic mass is 32.2. The van der Waals surface area contributed by atoms with Crippen molar-refractivity contribution in [2.24, 2.45) is 0 Å². The van der Waals surface area contributed by atoms with Gasteiger partial charge in [0.05, 0.1) is 10.7 Å². The van der Waals surface area contributed by atoms with E-state index in [9.17, 15) is 28.4 Å². The number of rotatable bonds is 6. The van der Waals surface area contributed by atoms with Gasteiger partial charge >= 0.3 is 5.69 Å². The molecule has 0 atom stereocenters. The fourth-order valence-corrected chi connectivity index (χ4v) is 4.05. The molecule has 0 saturated carbocycles. The quantitative estimate of drug-likeness (QED) is 0.553. The van der Waals surface area contributed by atoms with Gasteiger partial charge in [-0.15, -0.1) is 0 Å². The largest absolute Gasteiger partial charge is 0.502 e. The van der Waals surface area contributed by atoms with Gasteiger partial charge in [0.25, 0.3) is 0 Å². The van der Waals surface area contributed by atoms with Crippen molar-refractivity contribution in [3.63, 3.8) is 0 Å². The van der Waals surface area contributed by atoms with Crippen LogP contribution in [0.5, 0.6) is 5.75 Å². The molecule has 0 unspecified atom stereocenters. The maximum absolute atomic E-state index is 12.0. The minimum atomic E-state index is -3.14. The van der Waals surface area contributed by atoms with Crippen molar-refractivity contribution in [3.8, 4) is 5.75 Å². The molecular weight excluding hydrogens is 374 g/mol. The number of sulfone groups is 1. The average Bonchev–Trinajstić information content (AvgIpc) is 2.47. The molecule has 0 radical (unpaired) electrons. The van der Waals surface area contributed by atoms with Crippen LogP contribution in [0.4, 0.5) is 5.69 Å². The number of carbonyl (C=O) groups excluding carboxylic acids is 1. The van der Waals surface area contributed by atoms with Crippen LogP contribution in [0.25, 0.3) is 0 Å². The number of phenolic OH excluding ortho intramolecular Hbond substituents is 1. The number of nitro groups is 1. The summed E-state index contributed by atoms with van der Waals surface area (Å²) < 4.78 is 22.3. The number of amides is 1. The van der Waals surface area contributed by atoms with Crippen LogP contribution < -0.4 is 0 Å². The molecule has 0 spiro atoms. The second kappa shape index (κ2) is 7.08. The van der Waals surface area contributed by atoms with E-state index in [1.807, 2.05) is 0 Å². The molecule has 2 heterocycles. The number of likely N-dealkylation sites (tertiary alicyclic amines) is 2. The summed E-state index contributed by atoms with van der Waals surface area (Å²) in [6, 6.07) is 3.47. The molecule has 2 saturated heterocycles. The van der Waals surface area contributed by atoms with Crippen LogP contribution >= 0.6 is 0 Å². The first-order valence-electron chi connectivity index (χ1n) is 8.72. The number of aryl methyl sites for hydroxylation is 1. The van der Waals surface area contributed by atoms with Gasteiger partial charge in [0, 0.05) is 56.9 Å². The Balaban J connectivity index is 1.50. The highest BCUT2D eigenvalue weighted by molar-refractivity contribution is 7.90. The number of nitrogens with zero attached hydrogens (tertiary/aromatic N) is 3. The van der Waals surface area contributed by atoms with E-state index < -0.39 is 14.8 Å². The number of hydrogen-bond donors (Lipinski definition) is 1. The van der Waals surface area contributed by atoms with E-state index in [1.165, 1.54) is 6.07 Å². The third-order valence-corrected chi connectivity index (χ3v) is 6.24. The van der Waals surface area contributed by atoms with Crippen LogP contribution in [-0.2, 0) is 14.6 Å². The number of carbonyl (C=O) groups is 1. The molecule has 9 nitrogen and oxygen atoms in total. The fourth-order valence-electron chi connectivity index (χ4n) is 3.51. The zero-order valence-electron chi connectivity index (χ0n) is 15.3. The van der Waals surface area contributed by atoms with Gasteiger partial charge in [-0.05, 0) is 18.1 Å². The highest BCUT2D eigenvalue weighted by Crippen LogP contribution is 2.37. The zero-order valence-corrected chi connectivity index (χ0v) is 16.1. The van der Waals surface area contributed by atoms with Crippen LogP contribution in [0.2, 0.25) is 0 Å². The van der Waals surface area contributed by atoms with Crippen LogP contribution in [0.15, 0.2) is 12.1 Å². The summed E-state index contributed by atoms with van der Waals surface area (Å²) in [6.07, 6.45) is 1.14. The molecule has 1 N–H and O–H groups in total. The van der Waals surface area contributed by atoms with Crippen molar-refractivity contribution in [2.45, 2.75) is 25.3 Å². The van der Waals surface area contributed by atoms with Crippen LogP contribution in [0.3, 0.4) is 0 Å². The monoisotopic (exact) mass is 397 g/mol. The fraction of sp³-hybridized carbons (Fsp3) is 0.588. The van der Waals surface area contributed by atoms with Gasteiger partial charge in [-0.25, -0.2) is 8.42 Å². The molecule has 1 aromatic rings. The lowest BCUT2D eigenvalue weighted by atomic mass is 9.87. The third kappa shape index (κ3) is 4.22. The molecule has 2 aliphatic heterocycles. The van der Waals surface area contributed by atoms with Gasteiger partial charge in [-0.1, -0.05) is 6.07 Å². The third-order valence-electron chi connectivity index (χ3n) is 5.30. The Morgan fingerprint density at radius 1 is 1.30 bits per heavy atom. The minimum Gasteiger partial charge on any atom is -0.502 e. The predicted octanol–water partition coefficient (Wildman–Crippen LogP) is 0.654. The van der Waals surface area contributed by atoms with Gasteiger partial charge in [0.15, 0.2) is 5.75 Å². The molecule has 0 aromatic heterocycles. The maximum Gasteiger partial charge on any atom is 0.311 e. The lowest BCUT2D eigenvalue weighted by Gasteiger charge is -2.52. The minimum absolute atomic E-state index is 0.0185. The normalized spacial score (nSPS) is 18.8. The number of phenols is 1. The van der Waals surface area contributed by atoms with Crippen LogP contribution in [0, 0.1) is 17.0 Å². The summed E-state index contributed by atoms with van der Waals surface area (Å²) in [4.78, 5) is 26.3. The van der Waals surface area contributed by atoms with E-state index in [0.29, 0.717) is 18.7 Å². The van der Waals surface area contributed by atoms with Gasteiger partial charge in [-0.3, -0.25) is 19.8 Å². The molecule has 27 heavy (non-hydrogen) atoms. The first kappa shape index (κ1) is 19.6. The van der Waals surface area contributed by atoms with Gasteiger partial charge in [0.1, 0.15) is 9.84 Å². The predicted molar refractivity (Wildman–Crippen MR) is 98.5 cm³/mol. The first-order valence-corrected chi connectivity index (χ1v) is 10.8. The summed E-state index contributed by atoms with van der Waals surface area (Å²) in [6.45, 7) is 4.32. The van der Waals surface area contributed by atoms with Crippen molar-refractivity contribution in [2.75, 3.05) is 38.2 Å². The van der Waals surface area contributed by atoms with Gasteiger partial charge in [0.2, 0.25) is 5.91 Å². The van der Waals surface area contributed by atoms with E-state index in [2.05, 4.69) is 4.90 Å². The average molecular weight is 397 g/mol. The Morgan fingerprint density at radius 3 is 2.48 bits per heavy atom. The topological polar surface area (TPSA) is 121 Å². The van der Waals surface area contributed by atoms with Crippen LogP contribution in [0.1, 0.15) is 23.5 Å². The molecule has 0 aliphatic carbocycles. The zero-order chi connectivity index (χ0) is 19.9. The lowest BCUT2D eigenvalue weighted by molar-refractivity contribution is -0.386. The summed E-state index contributed by atoms with van der Waals surface area (Å²) in [5.41, 5.74) is 1.06. The molecule has 148 valence electrons. The number of hydrogen-bond acceptors (Lipinski definition) is 7. The molecule has 2 fully saturated rings. The highest BCUT2D eigenvalue weighted by Gasteiger charge is 2.41. The standard InChI is InChI=1S/C17H23N3O6S/c1-11-5-12(6-15(17(11)22)20(23)24)13-7-18(8-13)14-9-19(10-14)16(21)3-4-27(2,25)26/h5-6,13-14,22H,3-4,7-10H2,1-2H3. The van der Waals surface area contributed by atoms with Crippen LogP contribution in [-0.4, -0.2) is 78.4 Å². The van der Waals surface area contributed by atoms with Crippen molar-refractivity contribution >= 4 is 21.4 Å². The second-order valence-electron chi connectivity index (χ2n) is 7.45. The smallest absolute Gasteiger partial charge is 0.311 e. The number of nitro benzene ring substituents is 1. The van der Waals surface area contributed by atoms with Crippen molar-refractivity contribution in [3.05, 3.63) is 33.4 Å². The van der Waals surface area contributed by atoms with Crippen molar-refractivity contribution in [1.82, 2.24) is 9.80 Å². The lowest BCUT2D eigenvalue weighted by Crippen LogP contribution is -2.65. The Morgan fingerprint density at radius 2 is 1.93 bits per heavy atom. The molecule has 10 heteroatoms. The molecule has 0 bridgehead atoms. The SMILES string of the molecule is Cc1cc(C2CN(C3CN(C(=O)CCS(C)(=O)=O)C3)C2)cc([N+](=O)[O-])c1O. The Labute approximate surface area is 157 Å². The van der Waals surface area contributed by atoms with E-state index in [0.717, 1.165) is 24.9 Å². The Kier molecular flexibility index (Phi) is 5.13. The molecule has 3 rings (SSSR count). The molecule has 2 aliphatic rings. The summed E-state index contributed by atoms with van der Waals surface area (Å²) >= 11 is 0. The summed E-state index contributed by atoms with van der Waals surface area (Å²) in [7, 11) is -3.14. The Bertz CT molecular complexity index is 873. The Hall–Kier alpha value is -2.20. The second-order valence-corrected chi connectivity index (χ2v) is 9.71. The number of benzene rings is 1. The van der Waals surface area contributed by atoms with Crippen molar-refractivity contribution < 1.29 is 23.2 Å². The van der Waals surface area contributed by atoms with E-state index in [1.54, 1.807) is 17.9 Å². The summed E-state index contributed by atoms with van der Waals surface area (Å²) in [5, 5.41) is 20.9. The summed E-state index contributed by atoms with van der Waals surface area (Å²) in [5.74, 6) is -0.392. The number of aromatic hydroxyl groups is 1. The maximum atomic E-state index is 12.0. The van der Waals surface area contributed by atoms with E-state index >= 15 is 0 Å². The van der Waals surface area contributed by atoms with Gasteiger partial charge < -0.3 is 10.0 Å². The first-order chi connectivity index (χ1) is 12.5. The molecular formula is C17H23N3O6S. The molecule has 1 aromatic carbocycles. The van der Waals surface area contributed by atoms with E-state index in [-0.39, 0.29) is 41.5 Å². The molecule has 1 amide bonds. The van der Waals surface area contributed by atoms with Crippen molar-refractivity contribution in [1.29, 1.82) is 0 Å².